The van der Waals surface area contributed by atoms with E-state index in [2.05, 4.69) is 20.7 Å². The summed E-state index contributed by atoms with van der Waals surface area (Å²) in [5, 5.41) is 27.2. The van der Waals surface area contributed by atoms with Crippen LogP contribution in [0.25, 0.3) is 5.65 Å². The standard InChI is InChI=1S/C17H11F4N7O/c1-29-15-11(18)2-9(5-22)3-12(15)26-14-4-13(25-8-17(19,20)21)16-24-7-10(6-23)28(16)27-14/h2-4,7,25H,8H2,1H3,(H,26,27). The fraction of sp³-hybridized carbons (Fsp3) is 0.176. The number of nitriles is 2. The number of fused-ring (bicyclic) bond motifs is 1. The van der Waals surface area contributed by atoms with Crippen LogP contribution in [-0.2, 0) is 0 Å². The first-order chi connectivity index (χ1) is 13.8. The van der Waals surface area contributed by atoms with Gasteiger partial charge in [-0.1, -0.05) is 0 Å². The van der Waals surface area contributed by atoms with E-state index >= 15 is 0 Å². The van der Waals surface area contributed by atoms with Gasteiger partial charge >= 0.3 is 6.18 Å². The fourth-order valence-corrected chi connectivity index (χ4v) is 2.53. The van der Waals surface area contributed by atoms with E-state index in [4.69, 9.17) is 15.3 Å². The Labute approximate surface area is 160 Å². The minimum Gasteiger partial charge on any atom is -0.492 e. The Balaban J connectivity index is 2.10. The quantitative estimate of drug-likeness (QED) is 0.626. The summed E-state index contributed by atoms with van der Waals surface area (Å²) in [7, 11) is 1.21. The van der Waals surface area contributed by atoms with Crippen molar-refractivity contribution in [3.05, 3.63) is 41.5 Å². The molecular formula is C17H11F4N7O. The van der Waals surface area contributed by atoms with Crippen molar-refractivity contribution in [3.8, 4) is 17.9 Å². The first kappa shape index (κ1) is 19.7. The Morgan fingerprint density at radius 1 is 1.17 bits per heavy atom. The van der Waals surface area contributed by atoms with E-state index in [0.717, 1.165) is 16.8 Å². The third-order valence-corrected chi connectivity index (χ3v) is 3.70. The van der Waals surface area contributed by atoms with Crippen molar-refractivity contribution in [2.75, 3.05) is 24.3 Å². The maximum Gasteiger partial charge on any atom is 0.405 e. The maximum absolute atomic E-state index is 14.1. The number of anilines is 3. The van der Waals surface area contributed by atoms with Gasteiger partial charge in [-0.2, -0.15) is 28.2 Å². The van der Waals surface area contributed by atoms with Crippen LogP contribution in [-0.4, -0.2) is 34.4 Å². The second kappa shape index (κ2) is 7.52. The van der Waals surface area contributed by atoms with Crippen molar-refractivity contribution >= 4 is 22.8 Å². The van der Waals surface area contributed by atoms with E-state index in [1.807, 2.05) is 6.07 Å². The maximum atomic E-state index is 14.1. The van der Waals surface area contributed by atoms with Crippen molar-refractivity contribution in [2.24, 2.45) is 0 Å². The average Bonchev–Trinajstić information content (AvgIpc) is 3.08. The van der Waals surface area contributed by atoms with Crippen LogP contribution in [0.1, 0.15) is 11.3 Å². The third-order valence-electron chi connectivity index (χ3n) is 3.70. The molecule has 0 saturated heterocycles. The Morgan fingerprint density at radius 3 is 2.55 bits per heavy atom. The summed E-state index contributed by atoms with van der Waals surface area (Å²) in [6, 6.07) is 7.08. The molecule has 0 bridgehead atoms. The molecule has 0 fully saturated rings. The van der Waals surface area contributed by atoms with Crippen LogP contribution in [0.2, 0.25) is 0 Å². The molecule has 1 aromatic carbocycles. The van der Waals surface area contributed by atoms with Gasteiger partial charge in [0, 0.05) is 6.07 Å². The fourth-order valence-electron chi connectivity index (χ4n) is 2.53. The molecule has 3 rings (SSSR count). The highest BCUT2D eigenvalue weighted by atomic mass is 19.4. The highest BCUT2D eigenvalue weighted by Crippen LogP contribution is 2.32. The number of benzene rings is 1. The zero-order chi connectivity index (χ0) is 21.2. The van der Waals surface area contributed by atoms with E-state index in [0.29, 0.717) is 0 Å². The van der Waals surface area contributed by atoms with Gasteiger partial charge in [0.05, 0.1) is 36.3 Å². The zero-order valence-corrected chi connectivity index (χ0v) is 14.7. The summed E-state index contributed by atoms with van der Waals surface area (Å²) < 4.78 is 58.0. The van der Waals surface area contributed by atoms with Crippen LogP contribution in [0, 0.1) is 28.5 Å². The lowest BCUT2D eigenvalue weighted by Crippen LogP contribution is -2.22. The van der Waals surface area contributed by atoms with Crippen LogP contribution in [0.15, 0.2) is 24.4 Å². The Kier molecular flexibility index (Phi) is 5.10. The first-order valence-corrected chi connectivity index (χ1v) is 7.90. The molecule has 8 nitrogen and oxygen atoms in total. The number of halogens is 4. The van der Waals surface area contributed by atoms with E-state index in [9.17, 15) is 17.6 Å². The van der Waals surface area contributed by atoms with Gasteiger partial charge in [-0.15, -0.1) is 5.10 Å². The van der Waals surface area contributed by atoms with Gasteiger partial charge in [-0.25, -0.2) is 9.37 Å². The smallest absolute Gasteiger partial charge is 0.405 e. The molecule has 2 heterocycles. The molecule has 0 saturated carbocycles. The second-order valence-electron chi connectivity index (χ2n) is 5.68. The van der Waals surface area contributed by atoms with Crippen molar-refractivity contribution in [1.82, 2.24) is 14.6 Å². The van der Waals surface area contributed by atoms with Crippen molar-refractivity contribution in [2.45, 2.75) is 6.18 Å². The van der Waals surface area contributed by atoms with Crippen LogP contribution < -0.4 is 15.4 Å². The monoisotopic (exact) mass is 405 g/mol. The lowest BCUT2D eigenvalue weighted by atomic mass is 10.2. The van der Waals surface area contributed by atoms with E-state index in [1.165, 1.54) is 19.2 Å². The minimum absolute atomic E-state index is 0.000251. The van der Waals surface area contributed by atoms with Gasteiger partial charge in [0.15, 0.2) is 28.7 Å². The Hall–Kier alpha value is -4.06. The predicted octanol–water partition coefficient (Wildman–Crippen LogP) is 3.34. The summed E-state index contributed by atoms with van der Waals surface area (Å²) in [4.78, 5) is 3.91. The van der Waals surface area contributed by atoms with Gasteiger partial charge < -0.3 is 15.4 Å². The molecule has 0 unspecified atom stereocenters. The zero-order valence-electron chi connectivity index (χ0n) is 14.7. The van der Waals surface area contributed by atoms with Gasteiger partial charge in [0.1, 0.15) is 12.6 Å². The van der Waals surface area contributed by atoms with E-state index in [-0.39, 0.29) is 39.8 Å². The van der Waals surface area contributed by atoms with Gasteiger partial charge in [0.25, 0.3) is 0 Å². The van der Waals surface area contributed by atoms with Gasteiger partial charge in [0.2, 0.25) is 0 Å². The Morgan fingerprint density at radius 2 is 1.93 bits per heavy atom. The van der Waals surface area contributed by atoms with Crippen molar-refractivity contribution in [3.63, 3.8) is 0 Å². The molecule has 12 heteroatoms. The summed E-state index contributed by atoms with van der Waals surface area (Å²) in [6.45, 7) is -1.34. The molecule has 0 aliphatic carbocycles. The number of nitrogens with one attached hydrogen (secondary N) is 2. The SMILES string of the molecule is COc1c(F)cc(C#N)cc1Nc1cc(NCC(F)(F)F)c2ncc(C#N)n2n1. The van der Waals surface area contributed by atoms with Gasteiger partial charge in [-0.3, -0.25) is 0 Å². The number of methoxy groups -OCH3 is 1. The first-order valence-electron chi connectivity index (χ1n) is 7.90. The highest BCUT2D eigenvalue weighted by Gasteiger charge is 2.27. The molecule has 3 aromatic rings. The summed E-state index contributed by atoms with van der Waals surface area (Å²) in [5.74, 6) is -1.07. The topological polar surface area (TPSA) is 111 Å². The van der Waals surface area contributed by atoms with Crippen molar-refractivity contribution in [1.29, 1.82) is 10.5 Å². The summed E-state index contributed by atoms with van der Waals surface area (Å²) in [5.41, 5.74) is -0.0703. The molecule has 0 aliphatic rings. The number of alkyl halides is 3. The molecule has 29 heavy (non-hydrogen) atoms. The number of ether oxygens (including phenoxy) is 1. The Bertz CT molecular complexity index is 1160. The molecule has 0 atom stereocenters. The van der Waals surface area contributed by atoms with E-state index in [1.54, 1.807) is 6.07 Å². The summed E-state index contributed by atoms with van der Waals surface area (Å²) in [6.07, 6.45) is -3.34. The summed E-state index contributed by atoms with van der Waals surface area (Å²) >= 11 is 0. The van der Waals surface area contributed by atoms with Crippen molar-refractivity contribution < 1.29 is 22.3 Å². The lowest BCUT2D eigenvalue weighted by molar-refractivity contribution is -0.115. The average molecular weight is 405 g/mol. The normalized spacial score (nSPS) is 11.0. The molecule has 148 valence electrons. The molecule has 0 amide bonds. The minimum atomic E-state index is -4.49. The van der Waals surface area contributed by atoms with Crippen LogP contribution >= 0.6 is 0 Å². The lowest BCUT2D eigenvalue weighted by Gasteiger charge is -2.14. The molecule has 2 aromatic heterocycles. The molecule has 2 N–H and O–H groups in total. The number of nitrogens with zero attached hydrogens (tertiary/aromatic N) is 5. The van der Waals surface area contributed by atoms with Gasteiger partial charge in [-0.05, 0) is 12.1 Å². The van der Waals surface area contributed by atoms with Crippen LogP contribution in [0.5, 0.6) is 5.75 Å². The number of hydrogen-bond acceptors (Lipinski definition) is 7. The molecular weight excluding hydrogens is 394 g/mol. The number of rotatable bonds is 5. The van der Waals surface area contributed by atoms with Crippen LogP contribution in [0.4, 0.5) is 34.8 Å². The highest BCUT2D eigenvalue weighted by molar-refractivity contribution is 5.74. The molecule has 0 aliphatic heterocycles. The predicted molar refractivity (Wildman–Crippen MR) is 93.2 cm³/mol. The van der Waals surface area contributed by atoms with E-state index < -0.39 is 18.5 Å². The van der Waals surface area contributed by atoms with Crippen LogP contribution in [0.3, 0.4) is 0 Å². The molecule has 0 spiro atoms. The molecule has 0 radical (unpaired) electrons. The third kappa shape index (κ3) is 4.11. The second-order valence-corrected chi connectivity index (χ2v) is 5.68. The number of imidazole rings is 1. The number of aromatic nitrogens is 3. The number of hydrogen-bond donors (Lipinski definition) is 2. The largest absolute Gasteiger partial charge is 0.492 e.